The van der Waals surface area contributed by atoms with E-state index in [1.807, 2.05) is 25.9 Å². The van der Waals surface area contributed by atoms with E-state index < -0.39 is 22.2 Å². The van der Waals surface area contributed by atoms with Crippen LogP contribution in [0.1, 0.15) is 37.0 Å². The maximum atomic E-state index is 13.6. The molecule has 12 heteroatoms. The summed E-state index contributed by atoms with van der Waals surface area (Å²) in [5.74, 6) is 0.0542. The largest absolute Gasteiger partial charge is 0.497 e. The number of carbonyl (C=O) groups excluding carboxylic acids is 2. The number of nitrogens with one attached hydrogen (secondary N) is 1. The van der Waals surface area contributed by atoms with Gasteiger partial charge in [-0.1, -0.05) is 6.92 Å². The molecule has 2 aromatic rings. The molecule has 0 radical (unpaired) electrons. The third kappa shape index (κ3) is 8.19. The highest BCUT2D eigenvalue weighted by molar-refractivity contribution is 7.89. The van der Waals surface area contributed by atoms with Crippen molar-refractivity contribution in [2.45, 2.75) is 43.7 Å². The molecule has 0 aromatic heterocycles. The zero-order chi connectivity index (χ0) is 30.3. The maximum absolute atomic E-state index is 13.6. The molecule has 3 atom stereocenters. The molecule has 0 unspecified atom stereocenters. The third-order valence-electron chi connectivity index (χ3n) is 7.16. The molecule has 41 heavy (non-hydrogen) atoms. The number of aliphatic hydroxyl groups is 1. The average molecular weight is 591 g/mol. The Morgan fingerprint density at radius 2 is 1.88 bits per heavy atom. The Hall–Kier alpha value is -3.19. The van der Waals surface area contributed by atoms with E-state index in [1.165, 1.54) is 30.6 Å². The van der Waals surface area contributed by atoms with Crippen LogP contribution in [0.15, 0.2) is 47.4 Å². The Morgan fingerprint density at radius 1 is 1.20 bits per heavy atom. The number of aliphatic hydroxyl groups excluding tert-OH is 1. The quantitative estimate of drug-likeness (QED) is 0.386. The summed E-state index contributed by atoms with van der Waals surface area (Å²) in [6, 6.07) is 10.5. The lowest BCUT2D eigenvalue weighted by Crippen LogP contribution is -2.50. The molecule has 1 aliphatic heterocycles. The van der Waals surface area contributed by atoms with Gasteiger partial charge in [-0.05, 0) is 76.4 Å². The van der Waals surface area contributed by atoms with Crippen molar-refractivity contribution in [3.05, 3.63) is 48.0 Å². The summed E-state index contributed by atoms with van der Waals surface area (Å²) in [6.07, 6.45) is 0.419. The summed E-state index contributed by atoms with van der Waals surface area (Å²) < 4.78 is 39.4. The van der Waals surface area contributed by atoms with E-state index in [-0.39, 0.29) is 53.6 Å². The van der Waals surface area contributed by atoms with Crippen LogP contribution in [0.25, 0.3) is 0 Å². The molecule has 1 heterocycles. The standard InChI is InChI=1S/C29H42N4O7S/c1-20-17-33(21(2)19-34)29(36)25-16-22(30-28(35)8-7-15-31(3)4)9-14-26(25)40-27(20)18-32(5)41(37,38)24-12-10-23(39-6)11-13-24/h9-14,16,20-21,27,34H,7-8,15,17-19H2,1-6H3,(H,30,35)/t20-,21-,27-/m1/s1. The number of hydrogen-bond acceptors (Lipinski definition) is 8. The van der Waals surface area contributed by atoms with Gasteiger partial charge < -0.3 is 29.7 Å². The lowest BCUT2D eigenvalue weighted by molar-refractivity contribution is -0.116. The van der Waals surface area contributed by atoms with Gasteiger partial charge in [0.05, 0.1) is 36.8 Å². The van der Waals surface area contributed by atoms with E-state index >= 15 is 0 Å². The molecule has 0 saturated carbocycles. The minimum atomic E-state index is -3.84. The fraction of sp³-hybridized carbons (Fsp3) is 0.517. The number of hydrogen-bond donors (Lipinski definition) is 2. The van der Waals surface area contributed by atoms with Crippen molar-refractivity contribution in [3.63, 3.8) is 0 Å². The Morgan fingerprint density at radius 3 is 2.49 bits per heavy atom. The normalized spacial score (nSPS) is 18.4. The number of benzene rings is 2. The Labute approximate surface area is 243 Å². The van der Waals surface area contributed by atoms with E-state index in [0.717, 1.165) is 6.54 Å². The summed E-state index contributed by atoms with van der Waals surface area (Å²) in [5.41, 5.74) is 0.686. The zero-order valence-corrected chi connectivity index (χ0v) is 25.5. The SMILES string of the molecule is COc1ccc(S(=O)(=O)N(C)C[C@H]2Oc3ccc(NC(=O)CCCN(C)C)cc3C(=O)N([C@H](C)CO)C[C@H]2C)cc1. The molecular formula is C29H42N4O7S. The highest BCUT2D eigenvalue weighted by Gasteiger charge is 2.35. The highest BCUT2D eigenvalue weighted by atomic mass is 32.2. The van der Waals surface area contributed by atoms with Gasteiger partial charge in [-0.3, -0.25) is 9.59 Å². The molecule has 1 aliphatic rings. The van der Waals surface area contributed by atoms with Gasteiger partial charge in [-0.25, -0.2) is 8.42 Å². The van der Waals surface area contributed by atoms with E-state index in [2.05, 4.69) is 5.32 Å². The van der Waals surface area contributed by atoms with Crippen LogP contribution < -0.4 is 14.8 Å². The highest BCUT2D eigenvalue weighted by Crippen LogP contribution is 2.31. The minimum absolute atomic E-state index is 0.0227. The van der Waals surface area contributed by atoms with Crippen molar-refractivity contribution in [3.8, 4) is 11.5 Å². The first-order valence-corrected chi connectivity index (χ1v) is 15.1. The van der Waals surface area contributed by atoms with Crippen LogP contribution in [0.2, 0.25) is 0 Å². The van der Waals surface area contributed by atoms with Crippen LogP contribution >= 0.6 is 0 Å². The molecule has 0 spiro atoms. The second-order valence-electron chi connectivity index (χ2n) is 10.7. The number of fused-ring (bicyclic) bond motifs is 1. The van der Waals surface area contributed by atoms with Crippen molar-refractivity contribution in [1.82, 2.24) is 14.1 Å². The summed E-state index contributed by atoms with van der Waals surface area (Å²) in [7, 11) is 3.05. The van der Waals surface area contributed by atoms with E-state index in [0.29, 0.717) is 24.3 Å². The Balaban J connectivity index is 1.88. The second-order valence-corrected chi connectivity index (χ2v) is 12.8. The lowest BCUT2D eigenvalue weighted by atomic mass is 9.99. The number of carbonyl (C=O) groups is 2. The summed E-state index contributed by atoms with van der Waals surface area (Å²) in [4.78, 5) is 29.8. The third-order valence-corrected chi connectivity index (χ3v) is 9.00. The maximum Gasteiger partial charge on any atom is 0.258 e. The van der Waals surface area contributed by atoms with Crippen LogP contribution in [-0.4, -0.2) is 106 Å². The first kappa shape index (κ1) is 32.3. The van der Waals surface area contributed by atoms with Gasteiger partial charge in [0.25, 0.3) is 5.91 Å². The van der Waals surface area contributed by atoms with Crippen molar-refractivity contribution in [2.75, 3.05) is 59.8 Å². The van der Waals surface area contributed by atoms with Crippen LogP contribution in [0.5, 0.6) is 11.5 Å². The van der Waals surface area contributed by atoms with E-state index in [4.69, 9.17) is 9.47 Å². The van der Waals surface area contributed by atoms with E-state index in [9.17, 15) is 23.1 Å². The smallest absolute Gasteiger partial charge is 0.258 e. The Bertz CT molecular complexity index is 1300. The van der Waals surface area contributed by atoms with Gasteiger partial charge in [0.1, 0.15) is 17.6 Å². The molecule has 11 nitrogen and oxygen atoms in total. The first-order valence-electron chi connectivity index (χ1n) is 13.6. The molecule has 2 N–H and O–H groups in total. The molecule has 0 saturated heterocycles. The predicted octanol–water partition coefficient (Wildman–Crippen LogP) is 2.52. The fourth-order valence-electron chi connectivity index (χ4n) is 4.58. The number of sulfonamides is 1. The number of ether oxygens (including phenoxy) is 2. The molecule has 3 rings (SSSR count). The number of anilines is 1. The fourth-order valence-corrected chi connectivity index (χ4v) is 5.76. The molecule has 2 amide bonds. The summed E-state index contributed by atoms with van der Waals surface area (Å²) >= 11 is 0. The van der Waals surface area contributed by atoms with Crippen LogP contribution in [0, 0.1) is 5.92 Å². The monoisotopic (exact) mass is 590 g/mol. The topological polar surface area (TPSA) is 129 Å². The van der Waals surface area contributed by atoms with E-state index in [1.54, 1.807) is 42.2 Å². The second kappa shape index (κ2) is 14.1. The van der Waals surface area contributed by atoms with Gasteiger partial charge in [-0.15, -0.1) is 0 Å². The first-order chi connectivity index (χ1) is 19.4. The predicted molar refractivity (Wildman–Crippen MR) is 157 cm³/mol. The molecular weight excluding hydrogens is 548 g/mol. The number of methoxy groups -OCH3 is 1. The van der Waals surface area contributed by atoms with Crippen molar-refractivity contribution in [1.29, 1.82) is 0 Å². The van der Waals surface area contributed by atoms with Crippen molar-refractivity contribution >= 4 is 27.5 Å². The molecule has 0 fully saturated rings. The van der Waals surface area contributed by atoms with Gasteiger partial charge in [0.15, 0.2) is 0 Å². The molecule has 0 bridgehead atoms. The zero-order valence-electron chi connectivity index (χ0n) is 24.7. The van der Waals surface area contributed by atoms with Crippen LogP contribution in [0.3, 0.4) is 0 Å². The van der Waals surface area contributed by atoms with Crippen molar-refractivity contribution in [2.24, 2.45) is 5.92 Å². The molecule has 0 aliphatic carbocycles. The van der Waals surface area contributed by atoms with Gasteiger partial charge >= 0.3 is 0 Å². The van der Waals surface area contributed by atoms with Gasteiger partial charge in [-0.2, -0.15) is 4.31 Å². The summed E-state index contributed by atoms with van der Waals surface area (Å²) in [5, 5.41) is 12.7. The molecule has 226 valence electrons. The van der Waals surface area contributed by atoms with Crippen LogP contribution in [-0.2, 0) is 14.8 Å². The number of rotatable bonds is 12. The van der Waals surface area contributed by atoms with Crippen molar-refractivity contribution < 1.29 is 32.6 Å². The molecule has 2 aromatic carbocycles. The number of amides is 2. The Kier molecular flexibility index (Phi) is 11.1. The van der Waals surface area contributed by atoms with Gasteiger partial charge in [0.2, 0.25) is 15.9 Å². The number of nitrogens with zero attached hydrogens (tertiary/aromatic N) is 3. The number of likely N-dealkylation sites (N-methyl/N-ethyl adjacent to an activating group) is 1. The minimum Gasteiger partial charge on any atom is -0.497 e. The van der Waals surface area contributed by atoms with Crippen LogP contribution in [0.4, 0.5) is 5.69 Å². The lowest BCUT2D eigenvalue weighted by Gasteiger charge is -2.38. The summed E-state index contributed by atoms with van der Waals surface area (Å²) in [6.45, 7) is 4.43. The average Bonchev–Trinajstić information content (AvgIpc) is 2.94. The van der Waals surface area contributed by atoms with Gasteiger partial charge in [0, 0.05) is 31.6 Å².